The third kappa shape index (κ3) is 4.66. The molecule has 0 aliphatic carbocycles. The fourth-order valence-electron chi connectivity index (χ4n) is 3.22. The zero-order chi connectivity index (χ0) is 20.0. The summed E-state index contributed by atoms with van der Waals surface area (Å²) in [5, 5.41) is 11.3. The lowest BCUT2D eigenvalue weighted by atomic mass is 10.00. The molecular formula is C18H24N2O7. The van der Waals surface area contributed by atoms with Crippen LogP contribution in [-0.4, -0.2) is 55.1 Å². The Morgan fingerprint density at radius 2 is 1.89 bits per heavy atom. The number of hydrogen-bond donors (Lipinski definition) is 0. The standard InChI is InChI=1S/C18H24N2O7/c1-4-12-7-5-6-8-19(12)17(21)11-27-18(22)13-9-15(25-2)16(26-3)10-14(13)20(23)24/h9-10,12H,4-8,11H2,1-3H3/t12-/m0/s1. The van der Waals surface area contributed by atoms with Crippen molar-refractivity contribution >= 4 is 17.6 Å². The number of benzene rings is 1. The van der Waals surface area contributed by atoms with Gasteiger partial charge in [0.2, 0.25) is 0 Å². The number of nitrogens with zero attached hydrogens (tertiary/aromatic N) is 2. The lowest BCUT2D eigenvalue weighted by molar-refractivity contribution is -0.385. The van der Waals surface area contributed by atoms with E-state index in [9.17, 15) is 19.7 Å². The Morgan fingerprint density at radius 3 is 2.48 bits per heavy atom. The molecule has 0 aromatic heterocycles. The maximum atomic E-state index is 12.4. The van der Waals surface area contributed by atoms with Gasteiger partial charge < -0.3 is 19.1 Å². The van der Waals surface area contributed by atoms with Gasteiger partial charge >= 0.3 is 5.97 Å². The molecule has 1 aliphatic rings. The Labute approximate surface area is 157 Å². The van der Waals surface area contributed by atoms with Crippen LogP contribution in [0.5, 0.6) is 11.5 Å². The van der Waals surface area contributed by atoms with Gasteiger partial charge in [-0.25, -0.2) is 4.79 Å². The predicted octanol–water partition coefficient (Wildman–Crippen LogP) is 2.56. The molecule has 1 aromatic carbocycles. The first-order chi connectivity index (χ1) is 12.9. The van der Waals surface area contributed by atoms with Gasteiger partial charge in [0.05, 0.1) is 25.2 Å². The summed E-state index contributed by atoms with van der Waals surface area (Å²) in [6.45, 7) is 2.18. The van der Waals surface area contributed by atoms with Crippen molar-refractivity contribution in [1.82, 2.24) is 4.90 Å². The molecule has 0 unspecified atom stereocenters. The van der Waals surface area contributed by atoms with E-state index in [1.54, 1.807) is 4.90 Å². The van der Waals surface area contributed by atoms with Crippen LogP contribution in [0.2, 0.25) is 0 Å². The number of piperidine rings is 1. The van der Waals surface area contributed by atoms with Crippen molar-refractivity contribution in [3.8, 4) is 11.5 Å². The van der Waals surface area contributed by atoms with E-state index in [4.69, 9.17) is 14.2 Å². The fraction of sp³-hybridized carbons (Fsp3) is 0.556. The summed E-state index contributed by atoms with van der Waals surface area (Å²) in [4.78, 5) is 37.1. The SMILES string of the molecule is CC[C@H]1CCCCN1C(=O)COC(=O)c1cc(OC)c(OC)cc1[N+](=O)[O-]. The van der Waals surface area contributed by atoms with Gasteiger partial charge in [0.1, 0.15) is 5.56 Å². The van der Waals surface area contributed by atoms with Crippen molar-refractivity contribution in [3.63, 3.8) is 0 Å². The highest BCUT2D eigenvalue weighted by Gasteiger charge is 2.29. The molecule has 27 heavy (non-hydrogen) atoms. The number of methoxy groups -OCH3 is 2. The number of rotatable bonds is 7. The highest BCUT2D eigenvalue weighted by molar-refractivity contribution is 5.96. The summed E-state index contributed by atoms with van der Waals surface area (Å²) in [6, 6.07) is 2.41. The minimum Gasteiger partial charge on any atom is -0.493 e. The second kappa shape index (κ2) is 9.20. The molecule has 0 N–H and O–H groups in total. The van der Waals surface area contributed by atoms with Crippen LogP contribution < -0.4 is 9.47 Å². The Bertz CT molecular complexity index is 720. The summed E-state index contributed by atoms with van der Waals surface area (Å²) in [5.41, 5.74) is -0.773. The van der Waals surface area contributed by atoms with Crippen molar-refractivity contribution in [2.45, 2.75) is 38.6 Å². The Kier molecular flexibility index (Phi) is 6.98. The topological polar surface area (TPSA) is 108 Å². The molecule has 0 radical (unpaired) electrons. The molecule has 0 spiro atoms. The first-order valence-corrected chi connectivity index (χ1v) is 8.79. The number of amides is 1. The largest absolute Gasteiger partial charge is 0.493 e. The van der Waals surface area contributed by atoms with Crippen LogP contribution in [0.3, 0.4) is 0 Å². The number of carbonyl (C=O) groups excluding carboxylic acids is 2. The van der Waals surface area contributed by atoms with E-state index in [1.807, 2.05) is 6.92 Å². The number of carbonyl (C=O) groups is 2. The zero-order valence-electron chi connectivity index (χ0n) is 15.7. The molecule has 148 valence electrons. The van der Waals surface area contributed by atoms with Crippen molar-refractivity contribution in [1.29, 1.82) is 0 Å². The molecule has 1 saturated heterocycles. The van der Waals surface area contributed by atoms with E-state index < -0.39 is 23.2 Å². The quantitative estimate of drug-likeness (QED) is 0.406. The molecule has 1 amide bonds. The highest BCUT2D eigenvalue weighted by atomic mass is 16.6. The van der Waals surface area contributed by atoms with Gasteiger partial charge in [-0.05, 0) is 25.7 Å². The Morgan fingerprint density at radius 1 is 1.22 bits per heavy atom. The smallest absolute Gasteiger partial charge is 0.345 e. The van der Waals surface area contributed by atoms with Crippen molar-refractivity contribution in [2.75, 3.05) is 27.4 Å². The first kappa shape index (κ1) is 20.5. The van der Waals surface area contributed by atoms with E-state index in [-0.39, 0.29) is 29.0 Å². The molecule has 9 nitrogen and oxygen atoms in total. The summed E-state index contributed by atoms with van der Waals surface area (Å²) in [7, 11) is 2.69. The van der Waals surface area contributed by atoms with Gasteiger partial charge in [0, 0.05) is 18.7 Å². The minimum absolute atomic E-state index is 0.121. The summed E-state index contributed by atoms with van der Waals surface area (Å²) in [6.07, 6.45) is 3.75. The Hall–Kier alpha value is -2.84. The monoisotopic (exact) mass is 380 g/mol. The van der Waals surface area contributed by atoms with Crippen LogP contribution in [0.15, 0.2) is 12.1 Å². The molecule has 2 rings (SSSR count). The lowest BCUT2D eigenvalue weighted by Crippen LogP contribution is -2.45. The fourth-order valence-corrected chi connectivity index (χ4v) is 3.22. The first-order valence-electron chi connectivity index (χ1n) is 8.79. The molecular weight excluding hydrogens is 356 g/mol. The van der Waals surface area contributed by atoms with Crippen LogP contribution in [0.25, 0.3) is 0 Å². The summed E-state index contributed by atoms with van der Waals surface area (Å²) >= 11 is 0. The average molecular weight is 380 g/mol. The zero-order valence-corrected chi connectivity index (χ0v) is 15.7. The molecule has 1 aliphatic heterocycles. The van der Waals surface area contributed by atoms with E-state index in [0.29, 0.717) is 6.54 Å². The third-order valence-electron chi connectivity index (χ3n) is 4.66. The van der Waals surface area contributed by atoms with Crippen LogP contribution in [-0.2, 0) is 9.53 Å². The summed E-state index contributed by atoms with van der Waals surface area (Å²) in [5.74, 6) is -0.974. The highest BCUT2D eigenvalue weighted by Crippen LogP contribution is 2.34. The predicted molar refractivity (Wildman–Crippen MR) is 96.1 cm³/mol. The molecule has 9 heteroatoms. The van der Waals surface area contributed by atoms with Gasteiger partial charge in [0.25, 0.3) is 11.6 Å². The van der Waals surface area contributed by atoms with Gasteiger partial charge in [-0.2, -0.15) is 0 Å². The second-order valence-electron chi connectivity index (χ2n) is 6.20. The lowest BCUT2D eigenvalue weighted by Gasteiger charge is -2.35. The van der Waals surface area contributed by atoms with Crippen LogP contribution >= 0.6 is 0 Å². The van der Waals surface area contributed by atoms with Crippen molar-refractivity contribution in [2.24, 2.45) is 0 Å². The number of nitro groups is 1. The average Bonchev–Trinajstić information content (AvgIpc) is 2.70. The van der Waals surface area contributed by atoms with Crippen LogP contribution in [0, 0.1) is 10.1 Å². The summed E-state index contributed by atoms with van der Waals surface area (Å²) < 4.78 is 15.2. The van der Waals surface area contributed by atoms with Crippen molar-refractivity contribution < 1.29 is 28.7 Å². The molecule has 1 heterocycles. The Balaban J connectivity index is 2.15. The molecule has 1 aromatic rings. The number of ether oxygens (including phenoxy) is 3. The molecule has 1 fully saturated rings. The van der Waals surface area contributed by atoms with Crippen molar-refractivity contribution in [3.05, 3.63) is 27.8 Å². The van der Waals surface area contributed by atoms with E-state index in [0.717, 1.165) is 31.7 Å². The maximum Gasteiger partial charge on any atom is 0.345 e. The normalized spacial score (nSPS) is 16.6. The third-order valence-corrected chi connectivity index (χ3v) is 4.66. The van der Waals surface area contributed by atoms with Gasteiger partial charge in [-0.15, -0.1) is 0 Å². The number of esters is 1. The maximum absolute atomic E-state index is 12.4. The van der Waals surface area contributed by atoms with E-state index in [1.165, 1.54) is 20.3 Å². The molecule has 0 saturated carbocycles. The van der Waals surface area contributed by atoms with Gasteiger partial charge in [0.15, 0.2) is 18.1 Å². The van der Waals surface area contributed by atoms with Gasteiger partial charge in [-0.3, -0.25) is 14.9 Å². The van der Waals surface area contributed by atoms with E-state index >= 15 is 0 Å². The number of likely N-dealkylation sites (tertiary alicyclic amines) is 1. The molecule has 0 bridgehead atoms. The minimum atomic E-state index is -0.957. The second-order valence-corrected chi connectivity index (χ2v) is 6.20. The molecule has 1 atom stereocenters. The van der Waals surface area contributed by atoms with Crippen LogP contribution in [0.1, 0.15) is 43.0 Å². The number of nitro benzene ring substituents is 1. The van der Waals surface area contributed by atoms with E-state index in [2.05, 4.69) is 0 Å². The van der Waals surface area contributed by atoms with Crippen LogP contribution in [0.4, 0.5) is 5.69 Å². The van der Waals surface area contributed by atoms with Gasteiger partial charge in [-0.1, -0.05) is 6.92 Å². The number of hydrogen-bond acceptors (Lipinski definition) is 7.